The zero-order chi connectivity index (χ0) is 22.1. The van der Waals surface area contributed by atoms with E-state index in [1.165, 1.54) is 28.0 Å². The number of aromatic nitrogens is 2. The van der Waals surface area contributed by atoms with Crippen LogP contribution in [-0.4, -0.2) is 21.2 Å². The Morgan fingerprint density at radius 1 is 1.12 bits per heavy atom. The number of hydrogen-bond donors (Lipinski definition) is 1. The number of benzene rings is 2. The molecule has 5 rings (SSSR count). The Morgan fingerprint density at radius 3 is 2.75 bits per heavy atom. The monoisotopic (exact) mass is 465 g/mol. The zero-order valence-electron chi connectivity index (χ0n) is 16.6. The first-order chi connectivity index (χ1) is 15.6. The van der Waals surface area contributed by atoms with Crippen LogP contribution in [0.25, 0.3) is 22.1 Å². The summed E-state index contributed by atoms with van der Waals surface area (Å²) in [7, 11) is 0. The van der Waals surface area contributed by atoms with Crippen molar-refractivity contribution in [2.24, 2.45) is 0 Å². The topological polar surface area (TPSA) is 77.1 Å². The predicted octanol–water partition coefficient (Wildman–Crippen LogP) is 5.12. The quantitative estimate of drug-likeness (QED) is 0.278. The van der Waals surface area contributed by atoms with Crippen molar-refractivity contribution in [3.63, 3.8) is 0 Å². The number of thiophene rings is 1. The van der Waals surface area contributed by atoms with Crippen LogP contribution < -0.4 is 10.9 Å². The molecule has 3 heterocycles. The Kier molecular flexibility index (Phi) is 5.50. The number of halogens is 1. The van der Waals surface area contributed by atoms with E-state index in [2.05, 4.69) is 10.3 Å². The molecular weight excluding hydrogens is 449 g/mol. The van der Waals surface area contributed by atoms with Gasteiger partial charge in [0.25, 0.3) is 5.56 Å². The van der Waals surface area contributed by atoms with Gasteiger partial charge < -0.3 is 9.73 Å². The number of rotatable bonds is 6. The van der Waals surface area contributed by atoms with Crippen molar-refractivity contribution in [3.8, 4) is 0 Å². The van der Waals surface area contributed by atoms with Gasteiger partial charge in [-0.15, -0.1) is 11.3 Å². The first kappa shape index (κ1) is 20.5. The fourth-order valence-corrected chi connectivity index (χ4v) is 4.82. The van der Waals surface area contributed by atoms with E-state index in [0.29, 0.717) is 22.8 Å². The van der Waals surface area contributed by atoms with Gasteiger partial charge in [-0.05, 0) is 35.7 Å². The lowest BCUT2D eigenvalue weighted by Crippen LogP contribution is -2.24. The fraction of sp³-hybridized carbons (Fsp3) is 0.0870. The molecule has 0 atom stereocenters. The third-order valence-electron chi connectivity index (χ3n) is 4.82. The predicted molar refractivity (Wildman–Crippen MR) is 125 cm³/mol. The smallest absolute Gasteiger partial charge is 0.298 e. The van der Waals surface area contributed by atoms with Gasteiger partial charge in [0.05, 0.1) is 18.0 Å². The third-order valence-corrected chi connectivity index (χ3v) is 6.66. The maximum atomic E-state index is 13.8. The molecule has 0 spiro atoms. The van der Waals surface area contributed by atoms with Gasteiger partial charge in [0.15, 0.2) is 5.16 Å². The van der Waals surface area contributed by atoms with Crippen LogP contribution in [0, 0.1) is 5.82 Å². The molecule has 9 heteroatoms. The molecule has 0 aliphatic rings. The average molecular weight is 466 g/mol. The summed E-state index contributed by atoms with van der Waals surface area (Å²) in [6.07, 6.45) is 0. The van der Waals surface area contributed by atoms with E-state index in [0.717, 1.165) is 22.0 Å². The minimum atomic E-state index is -0.509. The molecule has 0 saturated carbocycles. The van der Waals surface area contributed by atoms with Gasteiger partial charge in [0.1, 0.15) is 16.9 Å². The average Bonchev–Trinajstić information content (AvgIpc) is 3.44. The molecule has 0 radical (unpaired) electrons. The van der Waals surface area contributed by atoms with Gasteiger partial charge in [-0.1, -0.05) is 42.1 Å². The Balaban J connectivity index is 1.51. The maximum absolute atomic E-state index is 13.8. The highest BCUT2D eigenvalue weighted by Crippen LogP contribution is 2.28. The molecule has 160 valence electrons. The largest absolute Gasteiger partial charge is 0.448 e. The summed E-state index contributed by atoms with van der Waals surface area (Å²) >= 11 is 2.65. The first-order valence-corrected chi connectivity index (χ1v) is 11.6. The molecule has 2 aromatic carbocycles. The number of para-hydroxylation sites is 2. The van der Waals surface area contributed by atoms with E-state index in [1.54, 1.807) is 18.2 Å². The van der Waals surface area contributed by atoms with E-state index in [4.69, 9.17) is 4.42 Å². The van der Waals surface area contributed by atoms with Crippen molar-refractivity contribution in [3.05, 3.63) is 87.1 Å². The maximum Gasteiger partial charge on any atom is 0.298 e. The van der Waals surface area contributed by atoms with Crippen LogP contribution in [0.3, 0.4) is 0 Å². The standard InChI is InChI=1S/C23H16FN3O3S2/c24-16-8-2-3-9-17(16)25-19(28)13-32-23-26-20-15-7-1-4-10-18(15)30-21(20)22(29)27(23)12-14-6-5-11-31-14/h1-11H,12-13H2,(H,25,28). The fourth-order valence-electron chi connectivity index (χ4n) is 3.34. The molecule has 1 amide bonds. The number of nitrogens with one attached hydrogen (secondary N) is 1. The molecule has 0 unspecified atom stereocenters. The minimum absolute atomic E-state index is 0.0352. The van der Waals surface area contributed by atoms with Crippen LogP contribution in [0.5, 0.6) is 0 Å². The number of thioether (sulfide) groups is 1. The van der Waals surface area contributed by atoms with Crippen molar-refractivity contribution >= 4 is 56.8 Å². The van der Waals surface area contributed by atoms with Gasteiger partial charge in [-0.2, -0.15) is 0 Å². The molecule has 0 fully saturated rings. The molecule has 6 nitrogen and oxygen atoms in total. The second-order valence-corrected chi connectivity index (χ2v) is 8.93. The number of amides is 1. The van der Waals surface area contributed by atoms with Crippen molar-refractivity contribution in [1.29, 1.82) is 0 Å². The number of nitrogens with zero attached hydrogens (tertiary/aromatic N) is 2. The van der Waals surface area contributed by atoms with E-state index in [9.17, 15) is 14.0 Å². The Bertz CT molecular complexity index is 1490. The summed E-state index contributed by atoms with van der Waals surface area (Å²) in [5.74, 6) is -0.939. The first-order valence-electron chi connectivity index (χ1n) is 9.72. The van der Waals surface area contributed by atoms with Crippen molar-refractivity contribution < 1.29 is 13.6 Å². The second-order valence-electron chi connectivity index (χ2n) is 6.96. The van der Waals surface area contributed by atoms with E-state index in [-0.39, 0.29) is 22.6 Å². The highest BCUT2D eigenvalue weighted by molar-refractivity contribution is 7.99. The van der Waals surface area contributed by atoms with Crippen LogP contribution in [0.15, 0.2) is 80.4 Å². The summed E-state index contributed by atoms with van der Waals surface area (Å²) in [5.41, 5.74) is 1.03. The highest BCUT2D eigenvalue weighted by atomic mass is 32.2. The van der Waals surface area contributed by atoms with E-state index >= 15 is 0 Å². The molecule has 32 heavy (non-hydrogen) atoms. The van der Waals surface area contributed by atoms with Gasteiger partial charge in [-0.3, -0.25) is 14.2 Å². The minimum Gasteiger partial charge on any atom is -0.448 e. The third kappa shape index (κ3) is 3.92. The van der Waals surface area contributed by atoms with Crippen LogP contribution in [0.1, 0.15) is 4.88 Å². The molecule has 0 aliphatic carbocycles. The van der Waals surface area contributed by atoms with Crippen LogP contribution in [-0.2, 0) is 11.3 Å². The number of carbonyl (C=O) groups is 1. The molecule has 0 bridgehead atoms. The van der Waals surface area contributed by atoms with E-state index in [1.807, 2.05) is 35.7 Å². The SMILES string of the molecule is O=C(CSc1nc2c(oc3ccccc32)c(=O)n1Cc1cccs1)Nc1ccccc1F. The van der Waals surface area contributed by atoms with Gasteiger partial charge in [0, 0.05) is 10.3 Å². The second kappa shape index (κ2) is 8.60. The lowest BCUT2D eigenvalue weighted by molar-refractivity contribution is -0.113. The lowest BCUT2D eigenvalue weighted by atomic mass is 10.2. The highest BCUT2D eigenvalue weighted by Gasteiger charge is 2.19. The molecule has 1 N–H and O–H groups in total. The summed E-state index contributed by atoms with van der Waals surface area (Å²) in [6.45, 7) is 0.313. The molecular formula is C23H16FN3O3S2. The van der Waals surface area contributed by atoms with Gasteiger partial charge in [-0.25, -0.2) is 9.37 Å². The Hall–Kier alpha value is -3.43. The van der Waals surface area contributed by atoms with Gasteiger partial charge in [0.2, 0.25) is 11.5 Å². The summed E-state index contributed by atoms with van der Waals surface area (Å²) < 4.78 is 21.1. The lowest BCUT2D eigenvalue weighted by Gasteiger charge is -2.11. The summed E-state index contributed by atoms with van der Waals surface area (Å²) in [5, 5.41) is 5.62. The number of fused-ring (bicyclic) bond motifs is 3. The van der Waals surface area contributed by atoms with Crippen LogP contribution in [0.2, 0.25) is 0 Å². The number of carbonyl (C=O) groups excluding carboxylic acids is 1. The number of hydrogen-bond acceptors (Lipinski definition) is 6. The Morgan fingerprint density at radius 2 is 1.94 bits per heavy atom. The van der Waals surface area contributed by atoms with Crippen molar-refractivity contribution in [1.82, 2.24) is 9.55 Å². The summed E-state index contributed by atoms with van der Waals surface area (Å²) in [4.78, 5) is 31.4. The molecule has 5 aromatic rings. The Labute approximate surface area is 189 Å². The number of furan rings is 1. The molecule has 0 saturated heterocycles. The normalized spacial score (nSPS) is 11.3. The van der Waals surface area contributed by atoms with Crippen LogP contribution >= 0.6 is 23.1 Å². The molecule has 0 aliphatic heterocycles. The van der Waals surface area contributed by atoms with Crippen molar-refractivity contribution in [2.75, 3.05) is 11.1 Å². The van der Waals surface area contributed by atoms with Crippen molar-refractivity contribution in [2.45, 2.75) is 11.7 Å². The van der Waals surface area contributed by atoms with Gasteiger partial charge >= 0.3 is 0 Å². The van der Waals surface area contributed by atoms with E-state index < -0.39 is 11.7 Å². The van der Waals surface area contributed by atoms with Crippen LogP contribution in [0.4, 0.5) is 10.1 Å². The molecule has 3 aromatic heterocycles. The number of anilines is 1. The zero-order valence-corrected chi connectivity index (χ0v) is 18.2. The summed E-state index contributed by atoms with van der Waals surface area (Å²) in [6, 6.07) is 17.1.